The van der Waals surface area contributed by atoms with Crippen LogP contribution in [-0.4, -0.2) is 25.5 Å². The first-order chi connectivity index (χ1) is 7.46. The van der Waals surface area contributed by atoms with E-state index >= 15 is 0 Å². The highest BCUT2D eigenvalue weighted by molar-refractivity contribution is 7.99. The normalized spacial score (nSPS) is 11.3. The lowest BCUT2D eigenvalue weighted by atomic mass is 10.1. The van der Waals surface area contributed by atoms with Gasteiger partial charge in [-0.15, -0.1) is 11.8 Å². The molecule has 16 heavy (non-hydrogen) atoms. The van der Waals surface area contributed by atoms with Gasteiger partial charge in [-0.25, -0.2) is 0 Å². The maximum atomic E-state index is 5.95. The second-order valence-corrected chi connectivity index (χ2v) is 5.31. The molecule has 0 aromatic heterocycles. The Kier molecular flexibility index (Phi) is 4.50. The topological polar surface area (TPSA) is 44.5 Å². The van der Waals surface area contributed by atoms with Crippen LogP contribution in [0.25, 0.3) is 0 Å². The Hall–Kier alpha value is -0.870. The van der Waals surface area contributed by atoms with Crippen molar-refractivity contribution in [3.8, 4) is 11.5 Å². The van der Waals surface area contributed by atoms with Crippen molar-refractivity contribution in [1.29, 1.82) is 0 Å². The molecule has 0 aliphatic rings. The number of rotatable bonds is 5. The third kappa shape index (κ3) is 3.94. The van der Waals surface area contributed by atoms with Crippen molar-refractivity contribution in [1.82, 2.24) is 0 Å². The number of methoxy groups -OCH3 is 2. The van der Waals surface area contributed by atoms with E-state index in [0.29, 0.717) is 0 Å². The van der Waals surface area contributed by atoms with Crippen molar-refractivity contribution in [2.45, 2.75) is 24.3 Å². The minimum atomic E-state index is -0.196. The van der Waals surface area contributed by atoms with Gasteiger partial charge in [0.15, 0.2) is 0 Å². The molecule has 0 saturated carbocycles. The molecule has 0 aliphatic heterocycles. The van der Waals surface area contributed by atoms with Gasteiger partial charge in [0.25, 0.3) is 0 Å². The van der Waals surface area contributed by atoms with Crippen LogP contribution in [0, 0.1) is 0 Å². The fourth-order valence-electron chi connectivity index (χ4n) is 1.16. The summed E-state index contributed by atoms with van der Waals surface area (Å²) >= 11 is 1.68. The van der Waals surface area contributed by atoms with Crippen LogP contribution in [0.5, 0.6) is 11.5 Å². The van der Waals surface area contributed by atoms with E-state index in [1.807, 2.05) is 32.0 Å². The zero-order valence-corrected chi connectivity index (χ0v) is 11.1. The van der Waals surface area contributed by atoms with E-state index in [1.165, 1.54) is 0 Å². The molecule has 0 bridgehead atoms. The van der Waals surface area contributed by atoms with Crippen molar-refractivity contribution in [3.63, 3.8) is 0 Å². The number of benzene rings is 1. The number of hydrogen-bond acceptors (Lipinski definition) is 4. The molecule has 0 unspecified atom stereocenters. The van der Waals surface area contributed by atoms with Crippen LogP contribution >= 0.6 is 11.8 Å². The fourth-order valence-corrected chi connectivity index (χ4v) is 2.18. The number of thioether (sulfide) groups is 1. The standard InChI is InChI=1S/C12H19NO2S/c1-12(2,13)8-16-11-7-9(14-3)5-6-10(11)15-4/h5-7H,8,13H2,1-4H3. The van der Waals surface area contributed by atoms with E-state index in [-0.39, 0.29) is 5.54 Å². The van der Waals surface area contributed by atoms with E-state index in [9.17, 15) is 0 Å². The molecular weight excluding hydrogens is 222 g/mol. The summed E-state index contributed by atoms with van der Waals surface area (Å²) < 4.78 is 10.5. The van der Waals surface area contributed by atoms with E-state index in [1.54, 1.807) is 26.0 Å². The van der Waals surface area contributed by atoms with Crippen LogP contribution in [0.3, 0.4) is 0 Å². The Bertz CT molecular complexity index is 347. The van der Waals surface area contributed by atoms with Gasteiger partial charge in [-0.1, -0.05) is 0 Å². The third-order valence-electron chi connectivity index (χ3n) is 1.97. The average molecular weight is 241 g/mol. The first-order valence-electron chi connectivity index (χ1n) is 5.10. The predicted molar refractivity (Wildman–Crippen MR) is 68.5 cm³/mol. The first kappa shape index (κ1) is 13.2. The fraction of sp³-hybridized carbons (Fsp3) is 0.500. The van der Waals surface area contributed by atoms with Crippen molar-refractivity contribution in [2.75, 3.05) is 20.0 Å². The monoisotopic (exact) mass is 241 g/mol. The highest BCUT2D eigenvalue weighted by Crippen LogP contribution is 2.33. The zero-order chi connectivity index (χ0) is 12.2. The second kappa shape index (κ2) is 5.46. The molecule has 0 amide bonds. The molecule has 0 aliphatic carbocycles. The quantitative estimate of drug-likeness (QED) is 0.805. The van der Waals surface area contributed by atoms with E-state index in [0.717, 1.165) is 22.1 Å². The summed E-state index contributed by atoms with van der Waals surface area (Å²) in [5.41, 5.74) is 5.76. The second-order valence-electron chi connectivity index (χ2n) is 4.29. The summed E-state index contributed by atoms with van der Waals surface area (Å²) in [6, 6.07) is 5.76. The molecule has 3 nitrogen and oxygen atoms in total. The van der Waals surface area contributed by atoms with Crippen molar-refractivity contribution >= 4 is 11.8 Å². The first-order valence-corrected chi connectivity index (χ1v) is 6.08. The molecule has 1 aromatic rings. The predicted octanol–water partition coefficient (Wildman–Crippen LogP) is 2.53. The minimum Gasteiger partial charge on any atom is -0.497 e. The van der Waals surface area contributed by atoms with Gasteiger partial charge in [0, 0.05) is 11.3 Å². The third-order valence-corrected chi connectivity index (χ3v) is 3.49. The van der Waals surface area contributed by atoms with Gasteiger partial charge in [0.05, 0.1) is 19.1 Å². The van der Waals surface area contributed by atoms with E-state index < -0.39 is 0 Å². The van der Waals surface area contributed by atoms with Gasteiger partial charge in [0.2, 0.25) is 0 Å². The Morgan fingerprint density at radius 1 is 1.25 bits per heavy atom. The highest BCUT2D eigenvalue weighted by atomic mass is 32.2. The lowest BCUT2D eigenvalue weighted by molar-refractivity contribution is 0.394. The summed E-state index contributed by atoms with van der Waals surface area (Å²) in [7, 11) is 3.32. The van der Waals surface area contributed by atoms with Crippen LogP contribution in [0.4, 0.5) is 0 Å². The number of hydrogen-bond donors (Lipinski definition) is 1. The Morgan fingerprint density at radius 3 is 2.44 bits per heavy atom. The van der Waals surface area contributed by atoms with Crippen LogP contribution in [0.2, 0.25) is 0 Å². The molecule has 1 rings (SSSR count). The molecule has 0 fully saturated rings. The largest absolute Gasteiger partial charge is 0.497 e. The molecule has 0 heterocycles. The minimum absolute atomic E-state index is 0.196. The van der Waals surface area contributed by atoms with Crippen molar-refractivity contribution in [2.24, 2.45) is 5.73 Å². The summed E-state index contributed by atoms with van der Waals surface area (Å²) in [5, 5.41) is 0. The van der Waals surface area contributed by atoms with Crippen molar-refractivity contribution < 1.29 is 9.47 Å². The Balaban J connectivity index is 2.83. The molecular formula is C12H19NO2S. The molecule has 90 valence electrons. The van der Waals surface area contributed by atoms with Gasteiger partial charge in [0.1, 0.15) is 11.5 Å². The molecule has 1 aromatic carbocycles. The van der Waals surface area contributed by atoms with Crippen molar-refractivity contribution in [3.05, 3.63) is 18.2 Å². The van der Waals surface area contributed by atoms with Gasteiger partial charge >= 0.3 is 0 Å². The Morgan fingerprint density at radius 2 is 1.94 bits per heavy atom. The lowest BCUT2D eigenvalue weighted by Crippen LogP contribution is -2.34. The molecule has 0 saturated heterocycles. The van der Waals surface area contributed by atoms with E-state index in [2.05, 4.69) is 0 Å². The SMILES string of the molecule is COc1ccc(OC)c(SCC(C)(C)N)c1. The summed E-state index contributed by atoms with van der Waals surface area (Å²) in [5.74, 6) is 2.52. The Labute approximate surface area is 101 Å². The number of ether oxygens (including phenoxy) is 2. The maximum absolute atomic E-state index is 5.95. The van der Waals surface area contributed by atoms with Gasteiger partial charge in [-0.3, -0.25) is 0 Å². The van der Waals surface area contributed by atoms with Gasteiger partial charge in [-0.2, -0.15) is 0 Å². The van der Waals surface area contributed by atoms with Gasteiger partial charge in [-0.05, 0) is 32.0 Å². The number of nitrogens with two attached hydrogens (primary N) is 1. The average Bonchev–Trinajstić information content (AvgIpc) is 2.25. The molecule has 0 spiro atoms. The van der Waals surface area contributed by atoms with Gasteiger partial charge < -0.3 is 15.2 Å². The molecule has 2 N–H and O–H groups in total. The highest BCUT2D eigenvalue weighted by Gasteiger charge is 2.13. The van der Waals surface area contributed by atoms with Crippen LogP contribution in [0.15, 0.2) is 23.1 Å². The molecule has 4 heteroatoms. The summed E-state index contributed by atoms with van der Waals surface area (Å²) in [4.78, 5) is 1.06. The summed E-state index contributed by atoms with van der Waals surface area (Å²) in [6.45, 7) is 4.01. The van der Waals surface area contributed by atoms with Crippen LogP contribution in [-0.2, 0) is 0 Å². The summed E-state index contributed by atoms with van der Waals surface area (Å²) in [6.07, 6.45) is 0. The smallest absolute Gasteiger partial charge is 0.132 e. The molecule has 0 atom stereocenters. The maximum Gasteiger partial charge on any atom is 0.132 e. The van der Waals surface area contributed by atoms with Crippen LogP contribution in [0.1, 0.15) is 13.8 Å². The lowest BCUT2D eigenvalue weighted by Gasteiger charge is -2.18. The van der Waals surface area contributed by atoms with Crippen LogP contribution < -0.4 is 15.2 Å². The molecule has 0 radical (unpaired) electrons. The van der Waals surface area contributed by atoms with E-state index in [4.69, 9.17) is 15.2 Å². The zero-order valence-electron chi connectivity index (χ0n) is 10.2.